The quantitative estimate of drug-likeness (QED) is 0.381. The van der Waals surface area contributed by atoms with Crippen LogP contribution < -0.4 is 0 Å². The summed E-state index contributed by atoms with van der Waals surface area (Å²) >= 11 is 0. The van der Waals surface area contributed by atoms with Crippen LogP contribution in [0.5, 0.6) is 0 Å². The molecule has 2 heteroatoms. The first-order chi connectivity index (χ1) is 10.2. The maximum atomic E-state index is 10.3. The van der Waals surface area contributed by atoms with Gasteiger partial charge in [-0.1, -0.05) is 68.3 Å². The van der Waals surface area contributed by atoms with Crippen LogP contribution >= 0.6 is 0 Å². The van der Waals surface area contributed by atoms with Gasteiger partial charge in [0.1, 0.15) is 0 Å². The van der Waals surface area contributed by atoms with Crippen molar-refractivity contribution < 1.29 is 11.3 Å². The molecule has 2 nitrogen and oxygen atoms in total. The predicted octanol–water partition coefficient (Wildman–Crippen LogP) is 5.44. The molecule has 0 atom stereocenters. The van der Waals surface area contributed by atoms with Gasteiger partial charge in [0.15, 0.2) is 0 Å². The van der Waals surface area contributed by atoms with Crippen LogP contribution in [0.4, 0.5) is 0 Å². The monoisotopic (exact) mass is 277 g/mol. The molecule has 0 bridgehead atoms. The van der Waals surface area contributed by atoms with E-state index in [1.54, 1.807) is 12.2 Å². The number of rotatable bonds is 12. The van der Waals surface area contributed by atoms with Gasteiger partial charge in [0, 0.05) is 6.42 Å². The number of unbranched alkanes of at least 4 members (excludes halogenated alkanes) is 5. The Kier molecular flexibility index (Phi) is 12.8. The van der Waals surface area contributed by atoms with Crippen molar-refractivity contribution in [2.24, 2.45) is 0 Å². The Morgan fingerprint density at radius 3 is 2.30 bits per heavy atom. The number of hydrogen-bond acceptors (Lipinski definition) is 1. The second-order valence-corrected chi connectivity index (χ2v) is 4.68. The third kappa shape index (κ3) is 16.4. The molecular weight excluding hydrogens is 248 g/mol. The molecule has 0 saturated heterocycles. The van der Waals surface area contributed by atoms with Crippen LogP contribution in [-0.2, 0) is 4.79 Å². The second-order valence-electron chi connectivity index (χ2n) is 4.68. The Morgan fingerprint density at radius 2 is 1.60 bits per heavy atom. The van der Waals surface area contributed by atoms with Gasteiger partial charge < -0.3 is 5.11 Å². The maximum absolute atomic E-state index is 10.3. The van der Waals surface area contributed by atoms with Crippen molar-refractivity contribution >= 4 is 5.97 Å². The van der Waals surface area contributed by atoms with Gasteiger partial charge in [-0.15, -0.1) is 0 Å². The van der Waals surface area contributed by atoms with Crippen molar-refractivity contribution in [3.63, 3.8) is 0 Å². The molecule has 0 heterocycles. The first-order valence-electron chi connectivity index (χ1n) is 8.05. The molecule has 112 valence electrons. The number of carboxylic acid groups (broad SMARTS) is 1. The highest BCUT2D eigenvalue weighted by Gasteiger charge is 1.93. The van der Waals surface area contributed by atoms with Gasteiger partial charge in [-0.05, 0) is 32.1 Å². The number of carboxylic acids is 1. The summed E-state index contributed by atoms with van der Waals surface area (Å²) in [5.74, 6) is -0.743. The van der Waals surface area contributed by atoms with E-state index in [2.05, 4.69) is 13.0 Å². The molecule has 0 saturated carbocycles. The molecule has 0 unspecified atom stereocenters. The van der Waals surface area contributed by atoms with Gasteiger partial charge in [-0.25, -0.2) is 0 Å². The molecule has 0 radical (unpaired) electrons. The van der Waals surface area contributed by atoms with E-state index < -0.39 is 5.97 Å². The van der Waals surface area contributed by atoms with Crippen molar-refractivity contribution in [3.8, 4) is 0 Å². The first-order valence-corrected chi connectivity index (χ1v) is 7.55. The van der Waals surface area contributed by atoms with Gasteiger partial charge in [0.2, 0.25) is 0 Å². The van der Waals surface area contributed by atoms with Gasteiger partial charge in [-0.2, -0.15) is 0 Å². The summed E-state index contributed by atoms with van der Waals surface area (Å²) in [5.41, 5.74) is 0. The Labute approximate surface area is 125 Å². The molecule has 0 aromatic rings. The minimum Gasteiger partial charge on any atom is -0.481 e. The van der Waals surface area contributed by atoms with Crippen LogP contribution in [0.3, 0.4) is 0 Å². The minimum atomic E-state index is -0.743. The van der Waals surface area contributed by atoms with E-state index in [0.717, 1.165) is 19.3 Å². The van der Waals surface area contributed by atoms with Gasteiger partial charge >= 0.3 is 5.97 Å². The molecule has 0 aromatic heterocycles. The Balaban J connectivity index is 3.73. The third-order valence-corrected chi connectivity index (χ3v) is 2.75. The largest absolute Gasteiger partial charge is 0.481 e. The van der Waals surface area contributed by atoms with Gasteiger partial charge in [0.05, 0.1) is 1.37 Å². The fraction of sp³-hybridized carbons (Fsp3) is 0.500. The SMILES string of the molecule is [2H]C(/C=C\CCCCC(=O)O)=C\C=C\C=C/CCCCC. The highest BCUT2D eigenvalue weighted by Crippen LogP contribution is 2.01. The smallest absolute Gasteiger partial charge is 0.303 e. The summed E-state index contributed by atoms with van der Waals surface area (Å²) < 4.78 is 7.70. The predicted molar refractivity (Wildman–Crippen MR) is 86.8 cm³/mol. The normalized spacial score (nSPS) is 13.7. The van der Waals surface area contributed by atoms with E-state index in [1.165, 1.54) is 19.3 Å². The van der Waals surface area contributed by atoms with E-state index in [0.29, 0.717) is 12.5 Å². The average molecular weight is 277 g/mol. The fourth-order valence-electron chi connectivity index (χ4n) is 1.61. The summed E-state index contributed by atoms with van der Waals surface area (Å²) in [6, 6.07) is 0.462. The zero-order valence-electron chi connectivity index (χ0n) is 13.6. The van der Waals surface area contributed by atoms with Crippen LogP contribution in [0.2, 0.25) is 0 Å². The molecule has 1 N–H and O–H groups in total. The average Bonchev–Trinajstić information content (AvgIpc) is 2.45. The van der Waals surface area contributed by atoms with E-state index in [1.807, 2.05) is 24.3 Å². The molecule has 0 amide bonds. The van der Waals surface area contributed by atoms with E-state index in [-0.39, 0.29) is 6.42 Å². The van der Waals surface area contributed by atoms with E-state index in [9.17, 15) is 4.79 Å². The molecule has 0 aliphatic rings. The number of hydrogen-bond donors (Lipinski definition) is 1. The van der Waals surface area contributed by atoms with Gasteiger partial charge in [0.25, 0.3) is 0 Å². The molecule has 0 aliphatic carbocycles. The molecular formula is C18H28O2. The Hall–Kier alpha value is -1.57. The highest BCUT2D eigenvalue weighted by molar-refractivity contribution is 5.66. The van der Waals surface area contributed by atoms with Crippen LogP contribution in [0, 0.1) is 0 Å². The number of aliphatic carboxylic acids is 1. The lowest BCUT2D eigenvalue weighted by molar-refractivity contribution is -0.137. The van der Waals surface area contributed by atoms with Crippen LogP contribution in [0.25, 0.3) is 0 Å². The molecule has 0 rings (SSSR count). The number of carbonyl (C=O) groups is 1. The maximum Gasteiger partial charge on any atom is 0.303 e. The van der Waals surface area contributed by atoms with E-state index >= 15 is 0 Å². The van der Waals surface area contributed by atoms with Crippen molar-refractivity contribution in [1.29, 1.82) is 0 Å². The molecule has 0 spiro atoms. The fourth-order valence-corrected chi connectivity index (χ4v) is 1.61. The number of allylic oxidation sites excluding steroid dienone is 8. The van der Waals surface area contributed by atoms with Crippen LogP contribution in [0.15, 0.2) is 48.6 Å². The Bertz CT molecular complexity index is 379. The second kappa shape index (κ2) is 15.5. The molecule has 0 fully saturated rings. The lowest BCUT2D eigenvalue weighted by Crippen LogP contribution is -1.92. The van der Waals surface area contributed by atoms with Gasteiger partial charge in [-0.3, -0.25) is 4.79 Å². The van der Waals surface area contributed by atoms with Crippen LogP contribution in [-0.4, -0.2) is 11.1 Å². The van der Waals surface area contributed by atoms with Crippen molar-refractivity contribution in [2.75, 3.05) is 0 Å². The zero-order valence-corrected chi connectivity index (χ0v) is 12.6. The molecule has 0 aliphatic heterocycles. The zero-order chi connectivity index (χ0) is 15.8. The standard InChI is InChI=1S/C18H28O2/c1-2-3-4-5-6-7-8-9-10-11-12-13-14-15-16-17-18(19)20/h6-13H,2-5,14-17H2,1H3,(H,19,20)/b7-6-,9-8+,11-10+,13-12-/i11D. The topological polar surface area (TPSA) is 37.3 Å². The lowest BCUT2D eigenvalue weighted by atomic mass is 10.2. The van der Waals surface area contributed by atoms with E-state index in [4.69, 9.17) is 6.48 Å². The molecule has 20 heavy (non-hydrogen) atoms. The summed E-state index contributed by atoms with van der Waals surface area (Å²) in [6.07, 6.45) is 20.9. The summed E-state index contributed by atoms with van der Waals surface area (Å²) in [6.45, 7) is 2.20. The van der Waals surface area contributed by atoms with Crippen LogP contribution in [0.1, 0.15) is 59.7 Å². The van der Waals surface area contributed by atoms with Crippen molar-refractivity contribution in [2.45, 2.75) is 58.3 Å². The summed E-state index contributed by atoms with van der Waals surface area (Å²) in [7, 11) is 0. The molecule has 0 aromatic carbocycles. The third-order valence-electron chi connectivity index (χ3n) is 2.75. The lowest BCUT2D eigenvalue weighted by Gasteiger charge is -1.91. The summed E-state index contributed by atoms with van der Waals surface area (Å²) in [5, 5.41) is 8.49. The minimum absolute atomic E-state index is 0.227. The highest BCUT2D eigenvalue weighted by atomic mass is 16.4. The van der Waals surface area contributed by atoms with Crippen molar-refractivity contribution in [3.05, 3.63) is 48.6 Å². The first kappa shape index (κ1) is 16.5. The summed E-state index contributed by atoms with van der Waals surface area (Å²) in [4.78, 5) is 10.3. The van der Waals surface area contributed by atoms with Crippen molar-refractivity contribution in [1.82, 2.24) is 0 Å². The Morgan fingerprint density at radius 1 is 0.950 bits per heavy atom.